The molecular weight excluding hydrogens is 363 g/mol. The molecule has 0 saturated carbocycles. The minimum Gasteiger partial charge on any atom is -0.465 e. The van der Waals surface area contributed by atoms with Gasteiger partial charge in [0.1, 0.15) is 5.60 Å². The second-order valence-electron chi connectivity index (χ2n) is 7.50. The van der Waals surface area contributed by atoms with Gasteiger partial charge in [0.05, 0.1) is 18.3 Å². The van der Waals surface area contributed by atoms with E-state index in [2.05, 4.69) is 4.74 Å². The largest absolute Gasteiger partial charge is 0.465 e. The van der Waals surface area contributed by atoms with Gasteiger partial charge in [0.25, 0.3) is 0 Å². The zero-order chi connectivity index (χ0) is 20.4. The highest BCUT2D eigenvalue weighted by Gasteiger charge is 2.41. The molecule has 1 aliphatic heterocycles. The predicted octanol–water partition coefficient (Wildman–Crippen LogP) is 4.16. The molecule has 5 nitrogen and oxygen atoms in total. The number of hydrogen-bond acceptors (Lipinski definition) is 4. The Bertz CT molecular complexity index is 699. The van der Waals surface area contributed by atoms with Crippen LogP contribution < -0.4 is 0 Å². The summed E-state index contributed by atoms with van der Waals surface area (Å²) >= 11 is 0. The molecule has 1 atom stereocenters. The van der Waals surface area contributed by atoms with Crippen molar-refractivity contribution in [3.63, 3.8) is 0 Å². The molecule has 0 saturated heterocycles. The van der Waals surface area contributed by atoms with E-state index in [1.165, 1.54) is 11.0 Å². The Morgan fingerprint density at radius 2 is 1.85 bits per heavy atom. The lowest BCUT2D eigenvalue weighted by Gasteiger charge is -2.33. The fourth-order valence-electron chi connectivity index (χ4n) is 3.04. The average Bonchev–Trinajstić information content (AvgIpc) is 2.58. The molecule has 0 aromatic carbocycles. The second-order valence-corrected chi connectivity index (χ2v) is 7.50. The van der Waals surface area contributed by atoms with Crippen LogP contribution in [0, 0.1) is 5.92 Å². The quantitative estimate of drug-likeness (QED) is 0.527. The van der Waals surface area contributed by atoms with Gasteiger partial charge in [-0.05, 0) is 39.2 Å². The number of halogens is 3. The van der Waals surface area contributed by atoms with Gasteiger partial charge in [0.15, 0.2) is 0 Å². The normalized spacial score (nSPS) is 21.1. The van der Waals surface area contributed by atoms with Crippen molar-refractivity contribution in [1.82, 2.24) is 4.90 Å². The smallest absolute Gasteiger partial charge is 0.416 e. The Balaban J connectivity index is 2.20. The maximum absolute atomic E-state index is 13.4. The molecule has 0 bridgehead atoms. The summed E-state index contributed by atoms with van der Waals surface area (Å²) in [4.78, 5) is 25.4. The van der Waals surface area contributed by atoms with E-state index in [1.54, 1.807) is 20.8 Å². The molecule has 0 spiro atoms. The fraction of sp³-hybridized carbons (Fsp3) is 0.579. The highest BCUT2D eigenvalue weighted by molar-refractivity contribution is 5.94. The Labute approximate surface area is 156 Å². The monoisotopic (exact) mass is 387 g/mol. The van der Waals surface area contributed by atoms with E-state index in [4.69, 9.17) is 4.74 Å². The maximum atomic E-state index is 13.4. The first-order valence-electron chi connectivity index (χ1n) is 8.67. The number of amides is 1. The van der Waals surface area contributed by atoms with Gasteiger partial charge in [-0.1, -0.05) is 18.2 Å². The van der Waals surface area contributed by atoms with Crippen LogP contribution in [0.25, 0.3) is 0 Å². The molecule has 1 heterocycles. The highest BCUT2D eigenvalue weighted by atomic mass is 19.4. The van der Waals surface area contributed by atoms with Crippen LogP contribution in [0.1, 0.15) is 33.6 Å². The molecule has 1 amide bonds. The predicted molar refractivity (Wildman–Crippen MR) is 92.9 cm³/mol. The van der Waals surface area contributed by atoms with Crippen molar-refractivity contribution in [3.8, 4) is 0 Å². The zero-order valence-corrected chi connectivity index (χ0v) is 15.9. The van der Waals surface area contributed by atoms with Gasteiger partial charge in [-0.3, -0.25) is 0 Å². The summed E-state index contributed by atoms with van der Waals surface area (Å²) in [5, 5.41) is 0. The van der Waals surface area contributed by atoms with E-state index in [0.717, 1.165) is 13.2 Å². The van der Waals surface area contributed by atoms with Gasteiger partial charge >= 0.3 is 18.2 Å². The number of carbonyl (C=O) groups is 2. The van der Waals surface area contributed by atoms with Crippen LogP contribution in [0.4, 0.5) is 18.0 Å². The maximum Gasteiger partial charge on any atom is 0.416 e. The molecule has 27 heavy (non-hydrogen) atoms. The van der Waals surface area contributed by atoms with E-state index < -0.39 is 40.9 Å². The third-order valence-electron chi connectivity index (χ3n) is 4.25. The highest BCUT2D eigenvalue weighted by Crippen LogP contribution is 2.39. The van der Waals surface area contributed by atoms with Crippen LogP contribution in [0.15, 0.2) is 34.9 Å². The first-order chi connectivity index (χ1) is 12.4. The van der Waals surface area contributed by atoms with Crippen molar-refractivity contribution in [2.45, 2.75) is 45.4 Å². The second kappa shape index (κ2) is 7.78. The lowest BCUT2D eigenvalue weighted by atomic mass is 9.84. The lowest BCUT2D eigenvalue weighted by Crippen LogP contribution is -2.41. The van der Waals surface area contributed by atoms with E-state index in [1.807, 2.05) is 6.08 Å². The first-order valence-corrected chi connectivity index (χ1v) is 8.67. The number of esters is 1. The summed E-state index contributed by atoms with van der Waals surface area (Å²) in [5.74, 6) is -1.55. The SMILES string of the molecule is COC(=O)C1=CCC(C2=CCCN(C(=O)OC(C)(C)C)C2)C=C1C(F)(F)F. The molecular formula is C19H24F3NO4. The first kappa shape index (κ1) is 21.1. The van der Waals surface area contributed by atoms with Crippen LogP contribution in [0.3, 0.4) is 0 Å². The van der Waals surface area contributed by atoms with Gasteiger partial charge in [0, 0.05) is 19.0 Å². The lowest BCUT2D eigenvalue weighted by molar-refractivity contribution is -0.137. The molecule has 1 unspecified atom stereocenters. The topological polar surface area (TPSA) is 55.8 Å². The van der Waals surface area contributed by atoms with Gasteiger partial charge < -0.3 is 14.4 Å². The summed E-state index contributed by atoms with van der Waals surface area (Å²) in [7, 11) is 1.05. The van der Waals surface area contributed by atoms with Gasteiger partial charge in [-0.15, -0.1) is 0 Å². The molecule has 2 aliphatic rings. The van der Waals surface area contributed by atoms with Crippen LogP contribution in [0.5, 0.6) is 0 Å². The molecule has 0 N–H and O–H groups in total. The van der Waals surface area contributed by atoms with Crippen molar-refractivity contribution < 1.29 is 32.2 Å². The summed E-state index contributed by atoms with van der Waals surface area (Å²) in [6, 6.07) is 0. The zero-order valence-electron chi connectivity index (χ0n) is 15.9. The van der Waals surface area contributed by atoms with Crippen molar-refractivity contribution in [1.29, 1.82) is 0 Å². The number of ether oxygens (including phenoxy) is 2. The van der Waals surface area contributed by atoms with Gasteiger partial charge in [0.2, 0.25) is 0 Å². The number of methoxy groups -OCH3 is 1. The minimum absolute atomic E-state index is 0.197. The summed E-state index contributed by atoms with van der Waals surface area (Å²) < 4.78 is 50.0. The van der Waals surface area contributed by atoms with E-state index in [-0.39, 0.29) is 13.0 Å². The number of hydrogen-bond donors (Lipinski definition) is 0. The van der Waals surface area contributed by atoms with Crippen molar-refractivity contribution >= 4 is 12.1 Å². The summed E-state index contributed by atoms with van der Waals surface area (Å²) in [6.07, 6.45) is -0.226. The van der Waals surface area contributed by atoms with Crippen LogP contribution in [0.2, 0.25) is 0 Å². The molecule has 0 aromatic rings. The fourth-order valence-corrected chi connectivity index (χ4v) is 3.04. The Morgan fingerprint density at radius 1 is 1.19 bits per heavy atom. The molecule has 0 fully saturated rings. The van der Waals surface area contributed by atoms with Crippen LogP contribution in [-0.4, -0.2) is 48.9 Å². The number of allylic oxidation sites excluding steroid dienone is 2. The van der Waals surface area contributed by atoms with Crippen molar-refractivity contribution in [2.24, 2.45) is 5.92 Å². The Hall–Kier alpha value is -2.25. The Kier molecular flexibility index (Phi) is 6.07. The summed E-state index contributed by atoms with van der Waals surface area (Å²) in [5.41, 5.74) is -1.42. The van der Waals surface area contributed by atoms with E-state index in [0.29, 0.717) is 18.5 Å². The average molecular weight is 387 g/mol. The molecule has 150 valence electrons. The minimum atomic E-state index is -4.67. The molecule has 2 rings (SSSR count). The van der Waals surface area contributed by atoms with E-state index >= 15 is 0 Å². The Morgan fingerprint density at radius 3 is 2.41 bits per heavy atom. The third kappa shape index (κ3) is 5.37. The van der Waals surface area contributed by atoms with E-state index in [9.17, 15) is 22.8 Å². The standard InChI is InChI=1S/C19H24F3NO4/c1-18(2,3)27-17(25)23-9-5-6-13(11-23)12-7-8-14(16(24)26-4)15(10-12)19(20,21)22/h6,8,10,12H,5,7,9,11H2,1-4H3. The van der Waals surface area contributed by atoms with Gasteiger partial charge in [-0.25, -0.2) is 9.59 Å². The van der Waals surface area contributed by atoms with Crippen molar-refractivity contribution in [3.05, 3.63) is 34.9 Å². The third-order valence-corrected chi connectivity index (χ3v) is 4.25. The number of alkyl halides is 3. The number of carbonyl (C=O) groups excluding carboxylic acids is 2. The number of nitrogens with zero attached hydrogens (tertiary/aromatic N) is 1. The van der Waals surface area contributed by atoms with Crippen molar-refractivity contribution in [2.75, 3.05) is 20.2 Å². The molecule has 1 aliphatic carbocycles. The van der Waals surface area contributed by atoms with Crippen LogP contribution in [-0.2, 0) is 14.3 Å². The number of rotatable bonds is 2. The van der Waals surface area contributed by atoms with Crippen LogP contribution >= 0.6 is 0 Å². The molecule has 0 aromatic heterocycles. The molecule has 8 heteroatoms. The summed E-state index contributed by atoms with van der Waals surface area (Å²) in [6.45, 7) is 5.91. The van der Waals surface area contributed by atoms with Gasteiger partial charge in [-0.2, -0.15) is 13.2 Å². The molecule has 0 radical (unpaired) electrons.